The number of halogens is 1. The Morgan fingerprint density at radius 1 is 0.533 bits per heavy atom. The Labute approximate surface area is 185 Å². The highest BCUT2D eigenvalue weighted by atomic mass is 35.5. The van der Waals surface area contributed by atoms with Crippen molar-refractivity contribution in [1.82, 2.24) is 5.09 Å². The highest BCUT2D eigenvalue weighted by molar-refractivity contribution is 7.79. The molecule has 30 heavy (non-hydrogen) atoms. The van der Waals surface area contributed by atoms with Gasteiger partial charge in [0.1, 0.15) is 0 Å². The summed E-state index contributed by atoms with van der Waals surface area (Å²) in [6, 6.07) is 42.4. The van der Waals surface area contributed by atoms with Crippen LogP contribution in [0.5, 0.6) is 0 Å². The summed E-state index contributed by atoms with van der Waals surface area (Å²) in [5.41, 5.74) is 2.49. The van der Waals surface area contributed by atoms with Gasteiger partial charge in [0.25, 0.3) is 0 Å². The molecule has 4 rings (SSSR count). The summed E-state index contributed by atoms with van der Waals surface area (Å²) in [6.45, 7) is 1.46. The van der Waals surface area contributed by atoms with Crippen molar-refractivity contribution in [2.75, 3.05) is 0 Å². The van der Waals surface area contributed by atoms with Crippen molar-refractivity contribution in [3.8, 4) is 0 Å². The van der Waals surface area contributed by atoms with Crippen LogP contribution >= 0.6 is 19.6 Å². The molecule has 0 heterocycles. The number of nitrogens with one attached hydrogen (secondary N) is 1. The number of benzene rings is 4. The summed E-state index contributed by atoms with van der Waals surface area (Å²) < 4.78 is 5.38. The van der Waals surface area contributed by atoms with Gasteiger partial charge in [-0.3, -0.25) is 9.83 Å². The molecule has 0 amide bonds. The fraction of sp³-hybridized carbons (Fsp3) is 0.0769. The minimum atomic E-state index is -2.16. The van der Waals surface area contributed by atoms with Crippen molar-refractivity contribution in [1.29, 1.82) is 0 Å². The van der Waals surface area contributed by atoms with E-state index in [0.29, 0.717) is 6.54 Å². The van der Waals surface area contributed by atoms with Gasteiger partial charge in [-0.25, -0.2) is 0 Å². The molecule has 0 fully saturated rings. The third-order valence-corrected chi connectivity index (χ3v) is 8.20. The quantitative estimate of drug-likeness (QED) is 0.347. The second kappa shape index (κ2) is 10.9. The van der Waals surface area contributed by atoms with E-state index in [1.54, 1.807) is 0 Å². The van der Waals surface area contributed by atoms with Crippen LogP contribution in [0.15, 0.2) is 126 Å². The molecule has 152 valence electrons. The third-order valence-electron chi connectivity index (χ3n) is 4.92. The van der Waals surface area contributed by atoms with E-state index in [-0.39, 0.29) is 12.4 Å². The van der Waals surface area contributed by atoms with Crippen LogP contribution in [-0.2, 0) is 13.1 Å². The molecule has 0 bridgehead atoms. The molecule has 0 unspecified atom stereocenters. The van der Waals surface area contributed by atoms with Gasteiger partial charge in [0, 0.05) is 17.2 Å². The molecule has 0 aromatic heterocycles. The van der Waals surface area contributed by atoms with Crippen LogP contribution in [0.25, 0.3) is 0 Å². The van der Waals surface area contributed by atoms with Gasteiger partial charge in [-0.05, 0) is 11.1 Å². The predicted molar refractivity (Wildman–Crippen MR) is 132 cm³/mol. The van der Waals surface area contributed by atoms with Crippen molar-refractivity contribution in [2.24, 2.45) is 4.74 Å². The highest BCUT2D eigenvalue weighted by Gasteiger charge is 2.24. The summed E-state index contributed by atoms with van der Waals surface area (Å²) >= 11 is 0. The number of hydrogen-bond acceptors (Lipinski definition) is 1. The maximum atomic E-state index is 5.38. The van der Waals surface area contributed by atoms with Crippen LogP contribution in [0.1, 0.15) is 11.1 Å². The van der Waals surface area contributed by atoms with Gasteiger partial charge in [0.15, 0.2) is 0 Å². The second-order valence-electron chi connectivity index (χ2n) is 6.91. The Morgan fingerprint density at radius 2 is 0.933 bits per heavy atom. The van der Waals surface area contributed by atoms with Gasteiger partial charge in [-0.2, -0.15) is 0 Å². The molecule has 0 atom stereocenters. The van der Waals surface area contributed by atoms with Crippen molar-refractivity contribution >= 4 is 30.2 Å². The van der Waals surface area contributed by atoms with Crippen molar-refractivity contribution < 1.29 is 0 Å². The van der Waals surface area contributed by atoms with E-state index >= 15 is 0 Å². The average Bonchev–Trinajstić information content (AvgIpc) is 2.82. The summed E-state index contributed by atoms with van der Waals surface area (Å²) in [4.78, 5) is 0. The van der Waals surface area contributed by atoms with Gasteiger partial charge >= 0.3 is 0 Å². The van der Waals surface area contributed by atoms with Crippen LogP contribution in [0.3, 0.4) is 0 Å². The van der Waals surface area contributed by atoms with Crippen LogP contribution in [0, 0.1) is 0 Å². The maximum Gasteiger partial charge on any atom is 0.0869 e. The van der Waals surface area contributed by atoms with E-state index in [0.717, 1.165) is 6.54 Å². The van der Waals surface area contributed by atoms with E-state index in [1.165, 1.54) is 21.7 Å². The predicted octanol–water partition coefficient (Wildman–Crippen LogP) is 6.17. The van der Waals surface area contributed by atoms with Gasteiger partial charge in [0.2, 0.25) is 0 Å². The monoisotopic (exact) mass is 432 g/mol. The van der Waals surface area contributed by atoms with E-state index in [1.807, 2.05) is 6.07 Å². The highest BCUT2D eigenvalue weighted by Crippen LogP contribution is 2.44. The molecule has 4 aromatic rings. The van der Waals surface area contributed by atoms with E-state index in [9.17, 15) is 0 Å². The SMILES string of the molecule is Cl.c1ccc(CN=P(NCc2ccccc2)(c2ccccc2)c2ccccc2)cc1. The lowest BCUT2D eigenvalue weighted by molar-refractivity contribution is 0.948. The Hall–Kier alpha value is -2.64. The van der Waals surface area contributed by atoms with Crippen molar-refractivity contribution in [3.05, 3.63) is 132 Å². The molecule has 0 aliphatic heterocycles. The Balaban J connectivity index is 0.00000256. The Morgan fingerprint density at radius 3 is 1.40 bits per heavy atom. The molecule has 0 saturated heterocycles. The number of nitrogens with zero attached hydrogens (tertiary/aromatic N) is 1. The normalized spacial score (nSPS) is 10.8. The third kappa shape index (κ3) is 5.29. The zero-order valence-electron chi connectivity index (χ0n) is 16.8. The Bertz CT molecular complexity index is 1030. The summed E-state index contributed by atoms with van der Waals surface area (Å²) in [5.74, 6) is 0. The molecular formula is C26H26ClN2P. The first-order chi connectivity index (χ1) is 14.4. The lowest BCUT2D eigenvalue weighted by atomic mass is 10.2. The minimum absolute atomic E-state index is 0. The van der Waals surface area contributed by atoms with Crippen LogP contribution < -0.4 is 15.7 Å². The number of rotatable bonds is 7. The lowest BCUT2D eigenvalue weighted by Crippen LogP contribution is -2.28. The van der Waals surface area contributed by atoms with Gasteiger partial charge in [-0.15, -0.1) is 12.4 Å². The van der Waals surface area contributed by atoms with E-state index in [2.05, 4.69) is 120 Å². The molecule has 0 aliphatic carbocycles. The maximum absolute atomic E-state index is 5.38. The molecule has 0 radical (unpaired) electrons. The zero-order chi connectivity index (χ0) is 19.8. The average molecular weight is 433 g/mol. The number of hydrogen-bond donors (Lipinski definition) is 1. The minimum Gasteiger partial charge on any atom is -0.274 e. The Kier molecular flexibility index (Phi) is 8.04. The van der Waals surface area contributed by atoms with Gasteiger partial charge in [0.05, 0.1) is 13.7 Å². The van der Waals surface area contributed by atoms with Crippen molar-refractivity contribution in [2.45, 2.75) is 13.1 Å². The van der Waals surface area contributed by atoms with Crippen LogP contribution in [-0.4, -0.2) is 0 Å². The first-order valence-corrected chi connectivity index (χ1v) is 11.6. The first-order valence-electron chi connectivity index (χ1n) is 9.89. The first kappa shape index (κ1) is 22.1. The fourth-order valence-corrected chi connectivity index (χ4v) is 6.49. The fourth-order valence-electron chi connectivity index (χ4n) is 3.41. The standard InChI is InChI=1S/C26H25N2P.ClH/c1-5-13-23(14-6-1)21-27-29(25-17-9-3-10-18-25,26-19-11-4-12-20-26)28-22-24-15-7-2-8-16-24;/h1-20,27H,21-22H2;1H. The van der Waals surface area contributed by atoms with Crippen LogP contribution in [0.2, 0.25) is 0 Å². The molecule has 2 nitrogen and oxygen atoms in total. The van der Waals surface area contributed by atoms with Gasteiger partial charge < -0.3 is 0 Å². The van der Waals surface area contributed by atoms with E-state index in [4.69, 9.17) is 4.74 Å². The summed E-state index contributed by atoms with van der Waals surface area (Å²) in [7, 11) is -2.16. The molecule has 4 aromatic carbocycles. The second-order valence-corrected chi connectivity index (χ2v) is 9.81. The largest absolute Gasteiger partial charge is 0.274 e. The van der Waals surface area contributed by atoms with Gasteiger partial charge in [-0.1, -0.05) is 121 Å². The van der Waals surface area contributed by atoms with E-state index < -0.39 is 7.21 Å². The zero-order valence-corrected chi connectivity index (χ0v) is 18.5. The summed E-state index contributed by atoms with van der Waals surface area (Å²) in [6.07, 6.45) is 0. The van der Waals surface area contributed by atoms with Crippen LogP contribution in [0.4, 0.5) is 0 Å². The lowest BCUT2D eigenvalue weighted by Gasteiger charge is -2.27. The topological polar surface area (TPSA) is 24.4 Å². The molecule has 4 heteroatoms. The molecule has 0 saturated carbocycles. The smallest absolute Gasteiger partial charge is 0.0869 e. The van der Waals surface area contributed by atoms with Crippen molar-refractivity contribution in [3.63, 3.8) is 0 Å². The molecular weight excluding hydrogens is 407 g/mol. The molecule has 0 spiro atoms. The summed E-state index contributed by atoms with van der Waals surface area (Å²) in [5, 5.41) is 6.39. The molecule has 1 N–H and O–H groups in total. The molecule has 0 aliphatic rings.